The molecule has 1 aromatic carbocycles. The third-order valence-corrected chi connectivity index (χ3v) is 2.72. The zero-order chi connectivity index (χ0) is 9.84. The van der Waals surface area contributed by atoms with Crippen LogP contribution in [-0.2, 0) is 4.79 Å². The Balaban J connectivity index is 2.79. The fourth-order valence-corrected chi connectivity index (χ4v) is 1.30. The van der Waals surface area contributed by atoms with E-state index in [4.69, 9.17) is 5.11 Å². The largest absolute Gasteiger partial charge is 0.480 e. The molecule has 0 amide bonds. The summed E-state index contributed by atoms with van der Waals surface area (Å²) in [6.45, 7) is 1.62. The van der Waals surface area contributed by atoms with Gasteiger partial charge in [-0.25, -0.2) is 4.79 Å². The van der Waals surface area contributed by atoms with Crippen LogP contribution in [-0.4, -0.2) is 17.1 Å². The van der Waals surface area contributed by atoms with Crippen LogP contribution in [0, 0.1) is 0 Å². The molecule has 0 aromatic heterocycles. The fourth-order valence-electron chi connectivity index (χ4n) is 0.891. The van der Waals surface area contributed by atoms with Gasteiger partial charge in [0.2, 0.25) is 0 Å². The van der Waals surface area contributed by atoms with Gasteiger partial charge in [-0.2, -0.15) is 0 Å². The molecule has 4 heteroatoms. The molecule has 0 aliphatic carbocycles. The van der Waals surface area contributed by atoms with Crippen LogP contribution in [0.2, 0.25) is 0 Å². The topological polar surface area (TPSA) is 40.5 Å². The molecule has 0 aliphatic heterocycles. The first-order chi connectivity index (χ1) is 6.13. The second kappa shape index (κ2) is 4.28. The van der Waals surface area contributed by atoms with Crippen molar-refractivity contribution in [3.05, 3.63) is 30.3 Å². The van der Waals surface area contributed by atoms with Crippen LogP contribution in [0.3, 0.4) is 0 Å². The maximum absolute atomic E-state index is 10.6. The lowest BCUT2D eigenvalue weighted by molar-refractivity contribution is -0.137. The molecule has 70 valence electrons. The van der Waals surface area contributed by atoms with Crippen molar-refractivity contribution in [2.45, 2.75) is 13.0 Å². The van der Waals surface area contributed by atoms with E-state index in [1.54, 1.807) is 6.92 Å². The van der Waals surface area contributed by atoms with E-state index in [-0.39, 0.29) is 0 Å². The first-order valence-electron chi connectivity index (χ1n) is 3.86. The Hall–Kier alpha value is -1.03. The minimum Gasteiger partial charge on any atom is -0.480 e. The summed E-state index contributed by atoms with van der Waals surface area (Å²) in [6, 6.07) is 8.71. The summed E-state index contributed by atoms with van der Waals surface area (Å²) in [5.41, 5.74) is 0.831. The monoisotopic (exact) mass is 243 g/mol. The molecule has 1 rings (SSSR count). The molecule has 3 nitrogen and oxygen atoms in total. The second-order valence-electron chi connectivity index (χ2n) is 2.66. The minimum absolute atomic E-state index is 0.581. The summed E-state index contributed by atoms with van der Waals surface area (Å²) < 4.78 is 1.54. The molecule has 1 N–H and O–H groups in total. The van der Waals surface area contributed by atoms with Crippen LogP contribution < -0.4 is 3.93 Å². The molecule has 1 atom stereocenters. The van der Waals surface area contributed by atoms with Gasteiger partial charge < -0.3 is 5.11 Å². The standard InChI is InChI=1S/C9H10BrNO2/c1-7(9(12)13)11(10)8-5-3-2-4-6-8/h2-7H,1H3,(H,12,13). The number of halogens is 1. The Morgan fingerprint density at radius 1 is 1.46 bits per heavy atom. The van der Waals surface area contributed by atoms with Crippen molar-refractivity contribution < 1.29 is 9.90 Å². The maximum atomic E-state index is 10.6. The van der Waals surface area contributed by atoms with Gasteiger partial charge in [-0.05, 0) is 19.1 Å². The highest BCUT2D eigenvalue weighted by Crippen LogP contribution is 2.20. The fraction of sp³-hybridized carbons (Fsp3) is 0.222. The number of aliphatic carboxylic acids is 1. The molecule has 13 heavy (non-hydrogen) atoms. The lowest BCUT2D eigenvalue weighted by Crippen LogP contribution is -2.31. The van der Waals surface area contributed by atoms with Crippen LogP contribution in [0.4, 0.5) is 5.69 Å². The first kappa shape index (κ1) is 10.1. The van der Waals surface area contributed by atoms with Crippen LogP contribution in [0.1, 0.15) is 6.92 Å². The van der Waals surface area contributed by atoms with Crippen molar-refractivity contribution in [3.63, 3.8) is 0 Å². The van der Waals surface area contributed by atoms with Gasteiger partial charge in [-0.15, -0.1) is 0 Å². The molecule has 1 aromatic rings. The van der Waals surface area contributed by atoms with E-state index in [1.807, 2.05) is 30.3 Å². The third kappa shape index (κ3) is 2.45. The average molecular weight is 244 g/mol. The van der Waals surface area contributed by atoms with E-state index >= 15 is 0 Å². The number of nitrogens with zero attached hydrogens (tertiary/aromatic N) is 1. The smallest absolute Gasteiger partial charge is 0.327 e. The average Bonchev–Trinajstić information content (AvgIpc) is 2.17. The molecular weight excluding hydrogens is 234 g/mol. The number of carbonyl (C=O) groups is 1. The van der Waals surface area contributed by atoms with Gasteiger partial charge in [0, 0.05) is 5.69 Å². The molecule has 0 bridgehead atoms. The van der Waals surface area contributed by atoms with Gasteiger partial charge in [0.25, 0.3) is 0 Å². The van der Waals surface area contributed by atoms with Crippen molar-refractivity contribution in [2.75, 3.05) is 3.93 Å². The minimum atomic E-state index is -0.860. The first-order valence-corrected chi connectivity index (χ1v) is 4.56. The highest BCUT2D eigenvalue weighted by molar-refractivity contribution is 9.10. The van der Waals surface area contributed by atoms with Gasteiger partial charge in [-0.3, -0.25) is 3.93 Å². The zero-order valence-corrected chi connectivity index (χ0v) is 8.73. The number of hydrogen-bond donors (Lipinski definition) is 1. The van der Waals surface area contributed by atoms with Crippen LogP contribution in [0.15, 0.2) is 30.3 Å². The predicted octanol–water partition coefficient (Wildman–Crippen LogP) is 2.28. The molecule has 0 fully saturated rings. The molecule has 0 radical (unpaired) electrons. The Bertz CT molecular complexity index is 289. The van der Waals surface area contributed by atoms with Crippen molar-refractivity contribution in [2.24, 2.45) is 0 Å². The SMILES string of the molecule is CC(C(=O)O)N(Br)c1ccccc1. The molecule has 0 saturated heterocycles. The Morgan fingerprint density at radius 2 is 2.00 bits per heavy atom. The van der Waals surface area contributed by atoms with Gasteiger partial charge in [-0.1, -0.05) is 18.2 Å². The van der Waals surface area contributed by atoms with Crippen molar-refractivity contribution in [3.8, 4) is 0 Å². The predicted molar refractivity (Wildman–Crippen MR) is 54.9 cm³/mol. The van der Waals surface area contributed by atoms with Crippen LogP contribution >= 0.6 is 16.1 Å². The molecule has 0 aliphatic rings. The van der Waals surface area contributed by atoms with Gasteiger partial charge in [0.05, 0.1) is 16.1 Å². The summed E-state index contributed by atoms with van der Waals surface area (Å²) >= 11 is 3.20. The summed E-state index contributed by atoms with van der Waals surface area (Å²) in [5, 5.41) is 8.74. The quantitative estimate of drug-likeness (QED) is 0.829. The summed E-state index contributed by atoms with van der Waals surface area (Å²) in [6.07, 6.45) is 0. The highest BCUT2D eigenvalue weighted by atomic mass is 79.9. The van der Waals surface area contributed by atoms with Gasteiger partial charge >= 0.3 is 5.97 Å². The van der Waals surface area contributed by atoms with Crippen LogP contribution in [0.5, 0.6) is 0 Å². The number of anilines is 1. The van der Waals surface area contributed by atoms with E-state index < -0.39 is 12.0 Å². The molecule has 1 unspecified atom stereocenters. The summed E-state index contributed by atoms with van der Waals surface area (Å²) in [5.74, 6) is -0.860. The number of carboxylic acid groups (broad SMARTS) is 1. The van der Waals surface area contributed by atoms with E-state index in [2.05, 4.69) is 16.1 Å². The lowest BCUT2D eigenvalue weighted by Gasteiger charge is -2.20. The molecule has 0 heterocycles. The highest BCUT2D eigenvalue weighted by Gasteiger charge is 2.18. The molecular formula is C9H10BrNO2. The van der Waals surface area contributed by atoms with Gasteiger partial charge in [0.1, 0.15) is 6.04 Å². The molecule has 0 saturated carbocycles. The van der Waals surface area contributed by atoms with E-state index in [1.165, 1.54) is 3.93 Å². The number of benzene rings is 1. The lowest BCUT2D eigenvalue weighted by atomic mass is 10.3. The van der Waals surface area contributed by atoms with E-state index in [9.17, 15) is 4.79 Å². The maximum Gasteiger partial charge on any atom is 0.327 e. The number of hydrogen-bond acceptors (Lipinski definition) is 2. The Kier molecular flexibility index (Phi) is 3.31. The van der Waals surface area contributed by atoms with Crippen molar-refractivity contribution in [1.29, 1.82) is 0 Å². The van der Waals surface area contributed by atoms with Gasteiger partial charge in [0.15, 0.2) is 0 Å². The normalized spacial score (nSPS) is 12.2. The Labute approximate surface area is 85.3 Å². The second-order valence-corrected chi connectivity index (χ2v) is 3.43. The zero-order valence-electron chi connectivity index (χ0n) is 7.14. The Morgan fingerprint density at radius 3 is 2.46 bits per heavy atom. The number of para-hydroxylation sites is 1. The third-order valence-electron chi connectivity index (χ3n) is 1.70. The summed E-state index contributed by atoms with van der Waals surface area (Å²) in [4.78, 5) is 10.6. The number of rotatable bonds is 3. The molecule has 0 spiro atoms. The van der Waals surface area contributed by atoms with E-state index in [0.29, 0.717) is 0 Å². The van der Waals surface area contributed by atoms with Crippen LogP contribution in [0.25, 0.3) is 0 Å². The summed E-state index contributed by atoms with van der Waals surface area (Å²) in [7, 11) is 0. The van der Waals surface area contributed by atoms with E-state index in [0.717, 1.165) is 5.69 Å². The van der Waals surface area contributed by atoms with Crippen molar-refractivity contribution in [1.82, 2.24) is 0 Å². The van der Waals surface area contributed by atoms with Crippen molar-refractivity contribution >= 4 is 27.8 Å². The number of carboxylic acids is 1.